The zero-order valence-electron chi connectivity index (χ0n) is 16.6. The fourth-order valence-electron chi connectivity index (χ4n) is 3.42. The largest absolute Gasteiger partial charge is 0.504 e. The van der Waals surface area contributed by atoms with Crippen molar-refractivity contribution in [3.05, 3.63) is 88.5 Å². The Morgan fingerprint density at radius 2 is 1.58 bits per heavy atom. The van der Waals surface area contributed by atoms with Crippen molar-refractivity contribution in [1.29, 1.82) is 0 Å². The van der Waals surface area contributed by atoms with Crippen LogP contribution in [0, 0.1) is 0 Å². The molecule has 0 atom stereocenters. The van der Waals surface area contributed by atoms with Gasteiger partial charge in [-0.25, -0.2) is 8.42 Å². The molecule has 0 heterocycles. The molecule has 3 aromatic carbocycles. The highest BCUT2D eigenvalue weighted by Crippen LogP contribution is 2.38. The van der Waals surface area contributed by atoms with E-state index in [-0.39, 0.29) is 37.8 Å². The van der Waals surface area contributed by atoms with Crippen molar-refractivity contribution < 1.29 is 38.1 Å². The lowest BCUT2D eigenvalue weighted by Gasteiger charge is -2.13. The molecule has 3 N–H and O–H groups in total. The molecule has 1 aliphatic carbocycles. The van der Waals surface area contributed by atoms with Crippen LogP contribution in [-0.4, -0.2) is 45.8 Å². The molecule has 10 heteroatoms. The molecule has 0 fully saturated rings. The molecule has 1 aliphatic rings. The van der Waals surface area contributed by atoms with E-state index in [1.165, 1.54) is 54.6 Å². The molecule has 0 spiro atoms. The standard InChI is InChI=1S/C23H14N2O7S/c24-25-17-10-8-14-15(21(17)28)2-1-3-19(14)33(31,32)13-6-4-12(5-7-13)20(27)16-9-11-18(26)23(30)22(16)29/h1-11,26,29-30H. The third kappa shape index (κ3) is 3.49. The number of carbonyl (C=O) groups is 2. The van der Waals surface area contributed by atoms with Crippen molar-refractivity contribution in [2.45, 2.75) is 9.79 Å². The molecule has 3 aromatic rings. The van der Waals surface area contributed by atoms with E-state index in [9.17, 15) is 33.3 Å². The Morgan fingerprint density at radius 3 is 2.24 bits per heavy atom. The van der Waals surface area contributed by atoms with Crippen molar-refractivity contribution in [1.82, 2.24) is 0 Å². The van der Waals surface area contributed by atoms with Gasteiger partial charge < -0.3 is 20.9 Å². The number of sulfone groups is 1. The molecule has 164 valence electrons. The molecule has 0 radical (unpaired) electrons. The molecule has 0 unspecified atom stereocenters. The topological polar surface area (TPSA) is 165 Å². The highest BCUT2D eigenvalue weighted by molar-refractivity contribution is 7.91. The second kappa shape index (κ2) is 7.86. The van der Waals surface area contributed by atoms with Crippen LogP contribution in [-0.2, 0) is 9.84 Å². The maximum atomic E-state index is 13.2. The Hall–Kier alpha value is -4.53. The third-order valence-corrected chi connectivity index (χ3v) is 6.98. The zero-order chi connectivity index (χ0) is 23.9. The van der Waals surface area contributed by atoms with Crippen LogP contribution in [0.25, 0.3) is 11.6 Å². The first-order valence-corrected chi connectivity index (χ1v) is 10.9. The van der Waals surface area contributed by atoms with Crippen LogP contribution < -0.4 is 0 Å². The van der Waals surface area contributed by atoms with Crippen molar-refractivity contribution in [3.63, 3.8) is 0 Å². The molecule has 4 rings (SSSR count). The Kier molecular flexibility index (Phi) is 5.17. The predicted molar refractivity (Wildman–Crippen MR) is 115 cm³/mol. The first kappa shape index (κ1) is 21.7. The number of benzene rings is 3. The summed E-state index contributed by atoms with van der Waals surface area (Å²) in [6, 6.07) is 11.2. The Bertz CT molecular complexity index is 1530. The monoisotopic (exact) mass is 462 g/mol. The minimum absolute atomic E-state index is 0.0308. The smallest absolute Gasteiger partial charge is 0.362 e. The number of aromatic hydroxyl groups is 3. The lowest BCUT2D eigenvalue weighted by molar-refractivity contribution is -0.00436. The van der Waals surface area contributed by atoms with Crippen LogP contribution in [0.15, 0.2) is 70.5 Å². The normalized spacial score (nSPS) is 12.8. The fraction of sp³-hybridized carbons (Fsp3) is 0. The van der Waals surface area contributed by atoms with Crippen LogP contribution in [0.5, 0.6) is 17.2 Å². The van der Waals surface area contributed by atoms with E-state index in [4.69, 9.17) is 5.53 Å². The molecule has 0 saturated carbocycles. The van der Waals surface area contributed by atoms with Gasteiger partial charge in [0.1, 0.15) is 0 Å². The quantitative estimate of drug-likeness (QED) is 0.232. The number of phenolic OH excluding ortho intramolecular Hbond substituents is 3. The molecule has 0 saturated heterocycles. The summed E-state index contributed by atoms with van der Waals surface area (Å²) in [5.74, 6) is -3.56. The predicted octanol–water partition coefficient (Wildman–Crippen LogP) is 2.75. The van der Waals surface area contributed by atoms with Gasteiger partial charge in [0.05, 0.1) is 15.4 Å². The number of Topliss-reactive ketones (excluding diaryl/α,β-unsaturated/α-hetero) is 1. The van der Waals surface area contributed by atoms with Crippen molar-refractivity contribution in [3.8, 4) is 17.2 Å². The van der Waals surface area contributed by atoms with Crippen molar-refractivity contribution in [2.24, 2.45) is 0 Å². The van der Waals surface area contributed by atoms with E-state index in [2.05, 4.69) is 4.79 Å². The highest BCUT2D eigenvalue weighted by Gasteiger charge is 2.31. The SMILES string of the molecule is [N-]=[N+]=C1C=Cc2c(cccc2S(=O)(=O)c2ccc(C(=O)c3ccc(O)c(O)c3O)cc2)C1=O. The van der Waals surface area contributed by atoms with Gasteiger partial charge in [-0.1, -0.05) is 12.1 Å². The summed E-state index contributed by atoms with van der Waals surface area (Å²) in [6.45, 7) is 0. The van der Waals surface area contributed by atoms with Crippen molar-refractivity contribution >= 4 is 33.2 Å². The summed E-state index contributed by atoms with van der Waals surface area (Å²) in [5.41, 5.74) is 8.68. The van der Waals surface area contributed by atoms with Gasteiger partial charge in [-0.2, -0.15) is 4.79 Å². The van der Waals surface area contributed by atoms with E-state index in [0.29, 0.717) is 0 Å². The minimum Gasteiger partial charge on any atom is -0.504 e. The number of ketones is 2. The number of phenols is 3. The number of carbonyl (C=O) groups excluding carboxylic acids is 2. The number of hydrogen-bond acceptors (Lipinski definition) is 7. The average molecular weight is 462 g/mol. The highest BCUT2D eigenvalue weighted by atomic mass is 32.2. The maximum absolute atomic E-state index is 13.2. The van der Waals surface area contributed by atoms with Gasteiger partial charge in [0, 0.05) is 22.8 Å². The van der Waals surface area contributed by atoms with E-state index in [0.717, 1.165) is 12.1 Å². The van der Waals surface area contributed by atoms with Gasteiger partial charge in [-0.15, -0.1) is 0 Å². The molecular formula is C23H14N2O7S. The van der Waals surface area contributed by atoms with Crippen molar-refractivity contribution in [2.75, 3.05) is 0 Å². The summed E-state index contributed by atoms with van der Waals surface area (Å²) in [7, 11) is -4.10. The van der Waals surface area contributed by atoms with E-state index in [1.807, 2.05) is 0 Å². The van der Waals surface area contributed by atoms with Gasteiger partial charge in [0.2, 0.25) is 15.6 Å². The number of hydrogen-bond donors (Lipinski definition) is 3. The van der Waals surface area contributed by atoms with E-state index >= 15 is 0 Å². The number of fused-ring (bicyclic) bond motifs is 1. The van der Waals surface area contributed by atoms with Crippen LogP contribution >= 0.6 is 0 Å². The average Bonchev–Trinajstić information content (AvgIpc) is 2.82. The van der Waals surface area contributed by atoms with Crippen LogP contribution in [0.1, 0.15) is 31.8 Å². The number of nitrogens with zero attached hydrogens (tertiary/aromatic N) is 2. The molecule has 0 aromatic heterocycles. The Morgan fingerprint density at radius 1 is 0.879 bits per heavy atom. The number of rotatable bonds is 4. The second-order valence-electron chi connectivity index (χ2n) is 7.05. The molecule has 33 heavy (non-hydrogen) atoms. The van der Waals surface area contributed by atoms with Gasteiger partial charge in [0.15, 0.2) is 17.3 Å². The van der Waals surface area contributed by atoms with Gasteiger partial charge >= 0.3 is 5.71 Å². The first-order valence-electron chi connectivity index (χ1n) is 9.38. The summed E-state index contributed by atoms with van der Waals surface area (Å²) in [6.07, 6.45) is 2.58. The second-order valence-corrected chi connectivity index (χ2v) is 8.97. The van der Waals surface area contributed by atoms with Gasteiger partial charge in [-0.05, 0) is 48.5 Å². The summed E-state index contributed by atoms with van der Waals surface area (Å²) >= 11 is 0. The minimum atomic E-state index is -4.10. The van der Waals surface area contributed by atoms with Gasteiger partial charge in [-0.3, -0.25) is 9.59 Å². The maximum Gasteiger partial charge on any atom is 0.362 e. The first-order chi connectivity index (χ1) is 15.7. The fourth-order valence-corrected chi connectivity index (χ4v) is 4.90. The Labute approximate surface area is 187 Å². The molecule has 0 aliphatic heterocycles. The summed E-state index contributed by atoms with van der Waals surface area (Å²) in [5, 5.41) is 29.0. The third-order valence-electron chi connectivity index (χ3n) is 5.15. The Balaban J connectivity index is 1.73. The number of allylic oxidation sites excluding steroid dienone is 1. The zero-order valence-corrected chi connectivity index (χ0v) is 17.4. The van der Waals surface area contributed by atoms with Crippen LogP contribution in [0.3, 0.4) is 0 Å². The van der Waals surface area contributed by atoms with E-state index < -0.39 is 38.7 Å². The molecular weight excluding hydrogens is 448 g/mol. The lowest BCUT2D eigenvalue weighted by Crippen LogP contribution is -2.19. The van der Waals surface area contributed by atoms with Crippen LogP contribution in [0.2, 0.25) is 0 Å². The van der Waals surface area contributed by atoms with Crippen LogP contribution in [0.4, 0.5) is 0 Å². The van der Waals surface area contributed by atoms with E-state index in [1.54, 1.807) is 0 Å². The molecule has 9 nitrogen and oxygen atoms in total. The lowest BCUT2D eigenvalue weighted by atomic mass is 9.95. The molecule has 0 bridgehead atoms. The molecule has 0 amide bonds. The van der Waals surface area contributed by atoms with Gasteiger partial charge in [0.25, 0.3) is 5.78 Å². The summed E-state index contributed by atoms with van der Waals surface area (Å²) < 4.78 is 26.5. The summed E-state index contributed by atoms with van der Waals surface area (Å²) in [4.78, 5) is 27.6.